The van der Waals surface area contributed by atoms with Gasteiger partial charge < -0.3 is 0 Å². The minimum absolute atomic E-state index is 0.122. The van der Waals surface area contributed by atoms with E-state index in [1.807, 2.05) is 6.07 Å². The molecule has 1 N–H and O–H groups in total. The van der Waals surface area contributed by atoms with Crippen LogP contribution in [0.4, 0.5) is 0 Å². The Hall–Kier alpha value is -1.36. The molecule has 0 aromatic heterocycles. The van der Waals surface area contributed by atoms with Crippen molar-refractivity contribution in [1.82, 2.24) is 4.72 Å². The molecule has 1 spiro atoms. The van der Waals surface area contributed by atoms with Crippen LogP contribution in [0.5, 0.6) is 0 Å². The van der Waals surface area contributed by atoms with E-state index in [2.05, 4.69) is 4.72 Å². The molecule has 1 atom stereocenters. The smallest absolute Gasteiger partial charge is 0.241 e. The molecule has 2 saturated carbocycles. The maximum Gasteiger partial charge on any atom is 0.241 e. The van der Waals surface area contributed by atoms with Gasteiger partial charge >= 0.3 is 0 Å². The van der Waals surface area contributed by atoms with Crippen LogP contribution in [-0.2, 0) is 14.8 Å². The zero-order valence-corrected chi connectivity index (χ0v) is 13.0. The Morgan fingerprint density at radius 3 is 2.38 bits per heavy atom. The standard InChI is InChI=1S/C16H21NO3S/c1-12(13-6-3-2-4-7-13)21(19,20)17-15(18)14-10-16(11-14)8-5-9-16/h2-4,6-7,12,14H,5,8-11H2,1H3,(H,17,18). The van der Waals surface area contributed by atoms with Gasteiger partial charge in [-0.3, -0.25) is 9.52 Å². The Labute approximate surface area is 126 Å². The Balaban J connectivity index is 1.62. The molecular weight excluding hydrogens is 286 g/mol. The van der Waals surface area contributed by atoms with Gasteiger partial charge in [-0.25, -0.2) is 8.42 Å². The molecule has 3 rings (SSSR count). The molecule has 5 heteroatoms. The van der Waals surface area contributed by atoms with Crippen molar-refractivity contribution in [2.75, 3.05) is 0 Å². The van der Waals surface area contributed by atoms with Crippen molar-refractivity contribution >= 4 is 15.9 Å². The Kier molecular flexibility index (Phi) is 3.56. The summed E-state index contributed by atoms with van der Waals surface area (Å²) >= 11 is 0. The highest BCUT2D eigenvalue weighted by molar-refractivity contribution is 7.90. The first kappa shape index (κ1) is 14.6. The molecule has 114 valence electrons. The number of benzene rings is 1. The molecule has 2 aliphatic rings. The number of rotatable bonds is 4. The number of nitrogens with one attached hydrogen (secondary N) is 1. The third-order valence-electron chi connectivity index (χ3n) is 5.12. The predicted octanol–water partition coefficient (Wildman–Crippen LogP) is 2.77. The van der Waals surface area contributed by atoms with E-state index in [-0.39, 0.29) is 11.8 Å². The lowest BCUT2D eigenvalue weighted by Gasteiger charge is -2.53. The number of hydrogen-bond donors (Lipinski definition) is 1. The molecule has 1 aromatic carbocycles. The van der Waals surface area contributed by atoms with Crippen LogP contribution in [0.3, 0.4) is 0 Å². The topological polar surface area (TPSA) is 63.2 Å². The highest BCUT2D eigenvalue weighted by atomic mass is 32.2. The van der Waals surface area contributed by atoms with Gasteiger partial charge in [0.1, 0.15) is 5.25 Å². The van der Waals surface area contributed by atoms with E-state index in [4.69, 9.17) is 0 Å². The lowest BCUT2D eigenvalue weighted by molar-refractivity contribution is -0.134. The van der Waals surface area contributed by atoms with Crippen LogP contribution in [0, 0.1) is 11.3 Å². The summed E-state index contributed by atoms with van der Waals surface area (Å²) in [6.45, 7) is 1.61. The fourth-order valence-electron chi connectivity index (χ4n) is 3.47. The lowest BCUT2D eigenvalue weighted by Crippen LogP contribution is -2.50. The summed E-state index contributed by atoms with van der Waals surface area (Å²) < 4.78 is 26.9. The van der Waals surface area contributed by atoms with Crippen molar-refractivity contribution in [3.05, 3.63) is 35.9 Å². The van der Waals surface area contributed by atoms with Crippen LogP contribution in [-0.4, -0.2) is 14.3 Å². The molecule has 2 aliphatic carbocycles. The molecule has 0 aliphatic heterocycles. The average Bonchev–Trinajstić information content (AvgIpc) is 2.35. The molecule has 1 unspecified atom stereocenters. The molecule has 0 saturated heterocycles. The zero-order valence-electron chi connectivity index (χ0n) is 12.2. The van der Waals surface area contributed by atoms with Crippen LogP contribution < -0.4 is 4.72 Å². The van der Waals surface area contributed by atoms with Gasteiger partial charge in [-0.1, -0.05) is 36.8 Å². The summed E-state index contributed by atoms with van der Waals surface area (Å²) in [5, 5.41) is -0.722. The first-order chi connectivity index (χ1) is 9.92. The van der Waals surface area contributed by atoms with Gasteiger partial charge in [0, 0.05) is 5.92 Å². The zero-order chi connectivity index (χ0) is 15.1. The number of amides is 1. The van der Waals surface area contributed by atoms with Crippen LogP contribution in [0.15, 0.2) is 30.3 Å². The van der Waals surface area contributed by atoms with Gasteiger partial charge in [-0.15, -0.1) is 0 Å². The van der Waals surface area contributed by atoms with Gasteiger partial charge in [0.25, 0.3) is 0 Å². The minimum Gasteiger partial charge on any atom is -0.274 e. The predicted molar refractivity (Wildman–Crippen MR) is 80.9 cm³/mol. The van der Waals surface area contributed by atoms with Gasteiger partial charge in [-0.05, 0) is 43.6 Å². The molecule has 4 nitrogen and oxygen atoms in total. The van der Waals surface area contributed by atoms with E-state index in [1.54, 1.807) is 31.2 Å². The summed E-state index contributed by atoms with van der Waals surface area (Å²) in [4.78, 5) is 12.1. The third-order valence-corrected chi connectivity index (χ3v) is 6.81. The molecule has 1 aromatic rings. The molecule has 0 heterocycles. The molecule has 1 amide bonds. The highest BCUT2D eigenvalue weighted by Gasteiger charge is 2.51. The van der Waals surface area contributed by atoms with Crippen molar-refractivity contribution in [2.24, 2.45) is 11.3 Å². The second-order valence-electron chi connectivity index (χ2n) is 6.52. The average molecular weight is 307 g/mol. The number of carbonyl (C=O) groups excluding carboxylic acids is 1. The summed E-state index contributed by atoms with van der Waals surface area (Å²) in [6.07, 6.45) is 5.35. The second kappa shape index (κ2) is 5.13. The summed E-state index contributed by atoms with van der Waals surface area (Å²) in [7, 11) is -3.66. The van der Waals surface area contributed by atoms with E-state index in [0.717, 1.165) is 12.8 Å². The number of carbonyl (C=O) groups is 1. The Bertz CT molecular complexity index is 627. The molecular formula is C16H21NO3S. The fourth-order valence-corrected chi connectivity index (χ4v) is 4.61. The maximum absolute atomic E-state index is 12.3. The fraction of sp³-hybridized carbons (Fsp3) is 0.562. The summed E-state index contributed by atoms with van der Waals surface area (Å²) in [5.74, 6) is -0.446. The van der Waals surface area contributed by atoms with Crippen molar-refractivity contribution in [1.29, 1.82) is 0 Å². The summed E-state index contributed by atoms with van der Waals surface area (Å²) in [5.41, 5.74) is 1.07. The van der Waals surface area contributed by atoms with Crippen LogP contribution in [0.25, 0.3) is 0 Å². The van der Waals surface area contributed by atoms with E-state index in [0.29, 0.717) is 11.0 Å². The highest BCUT2D eigenvalue weighted by Crippen LogP contribution is 2.58. The summed E-state index contributed by atoms with van der Waals surface area (Å²) in [6, 6.07) is 8.97. The third kappa shape index (κ3) is 2.71. The molecule has 0 bridgehead atoms. The second-order valence-corrected chi connectivity index (χ2v) is 8.52. The normalized spacial score (nSPS) is 22.1. The van der Waals surface area contributed by atoms with E-state index < -0.39 is 15.3 Å². The van der Waals surface area contributed by atoms with Crippen LogP contribution >= 0.6 is 0 Å². The molecule has 2 fully saturated rings. The maximum atomic E-state index is 12.3. The van der Waals surface area contributed by atoms with E-state index >= 15 is 0 Å². The van der Waals surface area contributed by atoms with Gasteiger partial charge in [0.05, 0.1) is 0 Å². The van der Waals surface area contributed by atoms with Crippen molar-refractivity contribution in [2.45, 2.75) is 44.3 Å². The van der Waals surface area contributed by atoms with Crippen LogP contribution in [0.2, 0.25) is 0 Å². The minimum atomic E-state index is -3.66. The van der Waals surface area contributed by atoms with Crippen LogP contribution in [0.1, 0.15) is 49.8 Å². The SMILES string of the molecule is CC(c1ccccc1)S(=O)(=O)NC(=O)C1CC2(CCC2)C1. The van der Waals surface area contributed by atoms with Gasteiger partial charge in [0.2, 0.25) is 15.9 Å². The Morgan fingerprint density at radius 2 is 1.86 bits per heavy atom. The van der Waals surface area contributed by atoms with E-state index in [9.17, 15) is 13.2 Å². The van der Waals surface area contributed by atoms with Gasteiger partial charge in [-0.2, -0.15) is 0 Å². The number of sulfonamides is 1. The first-order valence-electron chi connectivity index (χ1n) is 7.52. The van der Waals surface area contributed by atoms with E-state index in [1.165, 1.54) is 19.3 Å². The number of hydrogen-bond acceptors (Lipinski definition) is 3. The monoisotopic (exact) mass is 307 g/mol. The Morgan fingerprint density at radius 1 is 1.24 bits per heavy atom. The molecule has 0 radical (unpaired) electrons. The van der Waals surface area contributed by atoms with Crippen molar-refractivity contribution in [3.63, 3.8) is 0 Å². The lowest BCUT2D eigenvalue weighted by atomic mass is 9.52. The van der Waals surface area contributed by atoms with Gasteiger partial charge in [0.15, 0.2) is 0 Å². The largest absolute Gasteiger partial charge is 0.274 e. The molecule has 21 heavy (non-hydrogen) atoms. The van der Waals surface area contributed by atoms with Crippen molar-refractivity contribution < 1.29 is 13.2 Å². The van der Waals surface area contributed by atoms with Crippen molar-refractivity contribution in [3.8, 4) is 0 Å². The first-order valence-corrected chi connectivity index (χ1v) is 9.07. The quantitative estimate of drug-likeness (QED) is 0.930.